The number of rotatable bonds is 70. The van der Waals surface area contributed by atoms with E-state index in [0.717, 1.165) is 0 Å². The SMILES string of the molecule is C#CC(=O)CCCOCCOCCOCCOCCC(=O)CC(COCCC(=O)CCCCCC(=O)CCCCOC1OC(CO)C(O)C(O)C1C)(COCCC(=O)CCCCCC(=O)CCCCOC1OC(CO)C(O)C(O)C1C)COCCC(=O)NCCCNC(=O)CCCCOC1OC(CO)C(O)C(O)C1C. The number of amides is 2. The number of aliphatic hydroxyl groups is 9. The van der Waals surface area contributed by atoms with Gasteiger partial charge in [-0.1, -0.05) is 33.6 Å². The van der Waals surface area contributed by atoms with Crippen LogP contribution in [-0.4, -0.2) is 312 Å². The number of ketones is 6. The third kappa shape index (κ3) is 43.4. The Kier molecular flexibility index (Phi) is 55.4. The number of carbonyl (C=O) groups is 8. The molecule has 32 heteroatoms. The first-order chi connectivity index (χ1) is 53.0. The fourth-order valence-electron chi connectivity index (χ4n) is 12.5. The van der Waals surface area contributed by atoms with Crippen LogP contribution in [0.25, 0.3) is 0 Å². The first kappa shape index (κ1) is 99.8. The van der Waals surface area contributed by atoms with Crippen LogP contribution in [0, 0.1) is 35.5 Å². The van der Waals surface area contributed by atoms with Crippen molar-refractivity contribution in [1.82, 2.24) is 10.6 Å². The minimum Gasteiger partial charge on any atom is -0.394 e. The molecule has 0 bridgehead atoms. The third-order valence-corrected chi connectivity index (χ3v) is 19.5. The topological polar surface area (TPSA) is 463 Å². The normalized spacial score (nSPS) is 24.7. The van der Waals surface area contributed by atoms with E-state index >= 15 is 0 Å². The van der Waals surface area contributed by atoms with Crippen LogP contribution in [0.2, 0.25) is 0 Å². The Balaban J connectivity index is 1.53. The van der Waals surface area contributed by atoms with Crippen LogP contribution in [0.3, 0.4) is 0 Å². The summed E-state index contributed by atoms with van der Waals surface area (Å²) in [5.41, 5.74) is -1.15. The molecule has 0 radical (unpaired) electrons. The lowest BCUT2D eigenvalue weighted by atomic mass is 9.84. The average Bonchev–Trinajstić information content (AvgIpc) is 0.777. The number of Topliss-reactive ketones (excluding diaryl/α,β-unsaturated/α-hetero) is 6. The van der Waals surface area contributed by atoms with E-state index in [9.17, 15) is 84.3 Å². The van der Waals surface area contributed by atoms with Crippen molar-refractivity contribution in [3.05, 3.63) is 0 Å². The molecule has 110 heavy (non-hydrogen) atoms. The highest BCUT2D eigenvalue weighted by molar-refractivity contribution is 5.94. The molecule has 2 amide bonds. The van der Waals surface area contributed by atoms with Gasteiger partial charge in [0.25, 0.3) is 0 Å². The van der Waals surface area contributed by atoms with Gasteiger partial charge >= 0.3 is 0 Å². The van der Waals surface area contributed by atoms with Gasteiger partial charge < -0.3 is 118 Å². The minimum absolute atomic E-state index is 0.00407. The molecule has 3 rings (SSSR count). The van der Waals surface area contributed by atoms with Gasteiger partial charge in [-0.15, -0.1) is 6.42 Å². The van der Waals surface area contributed by atoms with Crippen LogP contribution in [0.15, 0.2) is 0 Å². The van der Waals surface area contributed by atoms with Crippen LogP contribution >= 0.6 is 0 Å². The van der Waals surface area contributed by atoms with Gasteiger partial charge in [-0.05, 0) is 83.0 Å². The number of ether oxygens (including phenoxy) is 13. The zero-order valence-corrected chi connectivity index (χ0v) is 65.5. The average molecular weight is 1580 g/mol. The molecule has 636 valence electrons. The number of aliphatic hydroxyl groups excluding tert-OH is 9. The molecular formula is C78H134N2O30. The molecule has 0 saturated carbocycles. The molecule has 3 saturated heterocycles. The molecule has 3 aliphatic rings. The molecule has 3 aliphatic heterocycles. The second kappa shape index (κ2) is 61.1. The summed E-state index contributed by atoms with van der Waals surface area (Å²) in [6.07, 6.45) is 3.09. The van der Waals surface area contributed by atoms with E-state index in [1.807, 2.05) is 0 Å². The van der Waals surface area contributed by atoms with E-state index in [1.54, 1.807) is 20.8 Å². The van der Waals surface area contributed by atoms with Gasteiger partial charge in [0.05, 0.1) is 124 Å². The second-order valence-corrected chi connectivity index (χ2v) is 29.0. The lowest BCUT2D eigenvalue weighted by molar-refractivity contribution is -0.282. The summed E-state index contributed by atoms with van der Waals surface area (Å²) in [6.45, 7) is 6.79. The van der Waals surface area contributed by atoms with Crippen LogP contribution in [0.4, 0.5) is 0 Å². The Labute approximate surface area is 649 Å². The van der Waals surface area contributed by atoms with Crippen molar-refractivity contribution in [3.8, 4) is 12.3 Å². The van der Waals surface area contributed by atoms with E-state index in [1.165, 1.54) is 0 Å². The zero-order valence-electron chi connectivity index (χ0n) is 65.5. The van der Waals surface area contributed by atoms with Gasteiger partial charge in [0.15, 0.2) is 18.9 Å². The van der Waals surface area contributed by atoms with Gasteiger partial charge in [-0.3, -0.25) is 38.4 Å². The maximum Gasteiger partial charge on any atom is 0.222 e. The van der Waals surface area contributed by atoms with E-state index < -0.39 is 117 Å². The Hall–Kier alpha value is -4.36. The maximum absolute atomic E-state index is 14.0. The first-order valence-electron chi connectivity index (χ1n) is 39.9. The maximum atomic E-state index is 14.0. The van der Waals surface area contributed by atoms with E-state index in [4.69, 9.17) is 68.0 Å². The Morgan fingerprint density at radius 2 is 0.645 bits per heavy atom. The molecule has 0 spiro atoms. The highest BCUT2D eigenvalue weighted by Gasteiger charge is 2.45. The molecule has 0 aromatic rings. The zero-order chi connectivity index (χ0) is 80.7. The first-order valence-corrected chi connectivity index (χ1v) is 39.9. The van der Waals surface area contributed by atoms with Gasteiger partial charge in [0.2, 0.25) is 17.6 Å². The van der Waals surface area contributed by atoms with Crippen molar-refractivity contribution >= 4 is 46.5 Å². The smallest absolute Gasteiger partial charge is 0.222 e. The Bertz CT molecular complexity index is 2350. The molecule has 15 atom stereocenters. The van der Waals surface area contributed by atoms with Crippen LogP contribution in [0.5, 0.6) is 0 Å². The highest BCUT2D eigenvalue weighted by Crippen LogP contribution is 2.31. The van der Waals surface area contributed by atoms with Crippen molar-refractivity contribution in [2.45, 2.75) is 268 Å². The summed E-state index contributed by atoms with van der Waals surface area (Å²) in [4.78, 5) is 103. The van der Waals surface area contributed by atoms with Crippen molar-refractivity contribution < 1.29 is 146 Å². The number of nitrogens with one attached hydrogen (secondary N) is 2. The fraction of sp³-hybridized carbons (Fsp3) is 0.872. The van der Waals surface area contributed by atoms with Gasteiger partial charge in [0.1, 0.15) is 65.5 Å². The fourth-order valence-corrected chi connectivity index (χ4v) is 12.5. The lowest BCUT2D eigenvalue weighted by Gasteiger charge is -2.40. The Morgan fingerprint density at radius 3 is 1.02 bits per heavy atom. The molecule has 11 N–H and O–H groups in total. The quantitative estimate of drug-likeness (QED) is 0.0236. The minimum atomic E-state index is -1.23. The van der Waals surface area contributed by atoms with Crippen LogP contribution < -0.4 is 10.6 Å². The number of hydrogen-bond acceptors (Lipinski definition) is 30. The van der Waals surface area contributed by atoms with E-state index in [0.29, 0.717) is 155 Å². The summed E-state index contributed by atoms with van der Waals surface area (Å²) in [6, 6.07) is 0. The lowest BCUT2D eigenvalue weighted by Crippen LogP contribution is -2.55. The second-order valence-electron chi connectivity index (χ2n) is 29.0. The molecule has 0 aliphatic carbocycles. The standard InChI is InChI=1S/C78H134N2O30/c1-5-58(84)26-18-34-98-42-44-100-46-47-101-45-43-99-38-30-63(89)48-78(52-102-39-28-61(87)22-10-6-8-20-59(85)24-12-15-35-105-75-55(2)69(92)72(95)64(49-81)108-75,53-103-40-29-62(88)23-11-7-9-21-60(86)25-13-16-36-106-76-56(3)70(93)73(96)65(50-82)109-76)54-104-41-31-68(91)80-33-19-32-79-67(90)27-14-17-37-107-77-57(4)71(94)74(97)66(51-83)110-77/h1,55-57,64-66,69-77,81-83,92-97H,6-54H2,2-4H3,(H,79,90)(H,80,91). The molecule has 3 heterocycles. The van der Waals surface area contributed by atoms with E-state index in [-0.39, 0.29) is 190 Å². The summed E-state index contributed by atoms with van der Waals surface area (Å²) >= 11 is 0. The largest absolute Gasteiger partial charge is 0.394 e. The van der Waals surface area contributed by atoms with Gasteiger partial charge in [-0.25, -0.2) is 0 Å². The van der Waals surface area contributed by atoms with Crippen molar-refractivity contribution in [1.29, 1.82) is 0 Å². The summed E-state index contributed by atoms with van der Waals surface area (Å²) in [7, 11) is 0. The third-order valence-electron chi connectivity index (χ3n) is 19.5. The highest BCUT2D eigenvalue weighted by atomic mass is 16.7. The van der Waals surface area contributed by atoms with Gasteiger partial charge in [-0.2, -0.15) is 0 Å². The number of unbranched alkanes of at least 4 members (excludes halogenated alkanes) is 7. The van der Waals surface area contributed by atoms with Crippen LogP contribution in [0.1, 0.15) is 194 Å². The van der Waals surface area contributed by atoms with Crippen LogP contribution in [-0.2, 0) is 99.9 Å². The Morgan fingerprint density at radius 1 is 0.336 bits per heavy atom. The number of carbonyl (C=O) groups excluding carboxylic acids is 8. The molecule has 0 aromatic heterocycles. The monoisotopic (exact) mass is 1580 g/mol. The summed E-state index contributed by atoms with van der Waals surface area (Å²) in [5.74, 6) is -0.412. The van der Waals surface area contributed by atoms with Gasteiger partial charge in [0, 0.05) is 146 Å². The predicted octanol–water partition coefficient (Wildman–Crippen LogP) is 2.18. The molecule has 0 aromatic carbocycles. The van der Waals surface area contributed by atoms with Crippen molar-refractivity contribution in [2.75, 3.05) is 145 Å². The summed E-state index contributed by atoms with van der Waals surface area (Å²) in [5, 5.41) is 95.3. The van der Waals surface area contributed by atoms with E-state index in [2.05, 4.69) is 16.6 Å². The molecule has 32 nitrogen and oxygen atoms in total. The van der Waals surface area contributed by atoms with Crippen molar-refractivity contribution in [3.63, 3.8) is 0 Å². The molecular weight excluding hydrogens is 1440 g/mol. The molecule has 3 fully saturated rings. The number of hydrogen-bond donors (Lipinski definition) is 11. The van der Waals surface area contributed by atoms with Crippen molar-refractivity contribution in [2.24, 2.45) is 23.2 Å². The number of terminal acetylenes is 1. The predicted molar refractivity (Wildman–Crippen MR) is 396 cm³/mol. The molecule has 15 unspecified atom stereocenters. The summed E-state index contributed by atoms with van der Waals surface area (Å²) < 4.78 is 74.9.